The molecular formula is C36H23NOS. The molecule has 2 heterocycles. The summed E-state index contributed by atoms with van der Waals surface area (Å²) < 4.78 is 8.91. The molecule has 0 saturated carbocycles. The molecule has 0 saturated heterocycles. The molecular weight excluding hydrogens is 494 g/mol. The highest BCUT2D eigenvalue weighted by Crippen LogP contribution is 2.45. The molecule has 0 fully saturated rings. The van der Waals surface area contributed by atoms with Crippen LogP contribution in [0.4, 0.5) is 17.1 Å². The number of thiophene rings is 1. The fourth-order valence-electron chi connectivity index (χ4n) is 5.68. The minimum absolute atomic E-state index is 0.889. The maximum absolute atomic E-state index is 6.30. The first kappa shape index (κ1) is 22.2. The summed E-state index contributed by atoms with van der Waals surface area (Å²) in [6, 6.07) is 49.6. The van der Waals surface area contributed by atoms with Crippen LogP contribution in [0.25, 0.3) is 53.2 Å². The highest BCUT2D eigenvalue weighted by atomic mass is 32.1. The molecule has 2 aromatic heterocycles. The zero-order valence-corrected chi connectivity index (χ0v) is 21.9. The molecule has 0 aliphatic carbocycles. The van der Waals surface area contributed by atoms with Crippen LogP contribution in [0, 0.1) is 0 Å². The topological polar surface area (TPSA) is 16.4 Å². The van der Waals surface area contributed by atoms with Crippen molar-refractivity contribution in [2.45, 2.75) is 0 Å². The highest BCUT2D eigenvalue weighted by Gasteiger charge is 2.20. The average Bonchev–Trinajstić information content (AvgIpc) is 3.57. The van der Waals surface area contributed by atoms with Crippen LogP contribution in [-0.4, -0.2) is 0 Å². The van der Waals surface area contributed by atoms with E-state index in [0.29, 0.717) is 0 Å². The van der Waals surface area contributed by atoms with Gasteiger partial charge >= 0.3 is 0 Å². The van der Waals surface area contributed by atoms with Crippen LogP contribution in [0.1, 0.15) is 0 Å². The Labute approximate surface area is 230 Å². The summed E-state index contributed by atoms with van der Waals surface area (Å²) in [7, 11) is 0. The van der Waals surface area contributed by atoms with Gasteiger partial charge in [0.05, 0.1) is 11.1 Å². The summed E-state index contributed by atoms with van der Waals surface area (Å²) in [5, 5.41) is 4.81. The fraction of sp³-hybridized carbons (Fsp3) is 0. The molecule has 8 aromatic rings. The van der Waals surface area contributed by atoms with Gasteiger partial charge in [0.25, 0.3) is 0 Å². The van der Waals surface area contributed by atoms with Crippen molar-refractivity contribution in [2.24, 2.45) is 0 Å². The monoisotopic (exact) mass is 517 g/mol. The molecule has 0 aliphatic heterocycles. The predicted molar refractivity (Wildman–Crippen MR) is 167 cm³/mol. The molecule has 0 bridgehead atoms. The van der Waals surface area contributed by atoms with E-state index in [0.717, 1.165) is 39.0 Å². The number of para-hydroxylation sites is 1. The lowest BCUT2D eigenvalue weighted by Crippen LogP contribution is -2.10. The van der Waals surface area contributed by atoms with Gasteiger partial charge in [-0.1, -0.05) is 84.9 Å². The van der Waals surface area contributed by atoms with E-state index in [-0.39, 0.29) is 0 Å². The number of hydrogen-bond donors (Lipinski definition) is 0. The summed E-state index contributed by atoms with van der Waals surface area (Å²) in [6.45, 7) is 0. The summed E-state index contributed by atoms with van der Waals surface area (Å²) in [6.07, 6.45) is 0. The van der Waals surface area contributed by atoms with Crippen LogP contribution in [0.3, 0.4) is 0 Å². The Bertz CT molecular complexity index is 2140. The van der Waals surface area contributed by atoms with Crippen LogP contribution >= 0.6 is 11.3 Å². The second-order valence-electron chi connectivity index (χ2n) is 9.78. The molecule has 2 nitrogen and oxygen atoms in total. The number of rotatable bonds is 4. The molecule has 0 atom stereocenters. The maximum Gasteiger partial charge on any atom is 0.137 e. The van der Waals surface area contributed by atoms with Gasteiger partial charge in [0.2, 0.25) is 0 Å². The Balaban J connectivity index is 1.42. The van der Waals surface area contributed by atoms with Gasteiger partial charge in [0, 0.05) is 36.9 Å². The Morgan fingerprint density at radius 1 is 0.462 bits per heavy atom. The zero-order chi connectivity index (χ0) is 25.8. The molecule has 0 spiro atoms. The van der Waals surface area contributed by atoms with E-state index in [9.17, 15) is 0 Å². The van der Waals surface area contributed by atoms with Crippen LogP contribution in [0.2, 0.25) is 0 Å². The van der Waals surface area contributed by atoms with Gasteiger partial charge in [-0.2, -0.15) is 0 Å². The molecule has 0 amide bonds. The minimum atomic E-state index is 0.889. The first-order valence-corrected chi connectivity index (χ1v) is 13.9. The Hall–Kier alpha value is -4.86. The Kier molecular flexibility index (Phi) is 5.04. The van der Waals surface area contributed by atoms with Gasteiger partial charge in [0.15, 0.2) is 0 Å². The SMILES string of the molecule is c1ccc(-c2cccc(N(c3ccc4sc5ccccc5c4c3)c3cccc4oc5ccccc5c34)c2)cc1. The van der Waals surface area contributed by atoms with Crippen molar-refractivity contribution in [3.63, 3.8) is 0 Å². The van der Waals surface area contributed by atoms with Gasteiger partial charge in [0.1, 0.15) is 11.2 Å². The van der Waals surface area contributed by atoms with Crippen molar-refractivity contribution in [2.75, 3.05) is 4.90 Å². The van der Waals surface area contributed by atoms with E-state index in [1.807, 2.05) is 23.5 Å². The normalized spacial score (nSPS) is 11.6. The number of anilines is 3. The largest absolute Gasteiger partial charge is 0.456 e. The number of fused-ring (bicyclic) bond motifs is 6. The lowest BCUT2D eigenvalue weighted by atomic mass is 10.0. The third-order valence-electron chi connectivity index (χ3n) is 7.45. The molecule has 0 aliphatic rings. The van der Waals surface area contributed by atoms with Gasteiger partial charge in [-0.05, 0) is 65.7 Å². The van der Waals surface area contributed by atoms with Crippen LogP contribution in [0.15, 0.2) is 144 Å². The molecule has 8 rings (SSSR count). The lowest BCUT2D eigenvalue weighted by molar-refractivity contribution is 0.669. The van der Waals surface area contributed by atoms with Gasteiger partial charge < -0.3 is 9.32 Å². The number of benzene rings is 6. The molecule has 0 N–H and O–H groups in total. The quantitative estimate of drug-likeness (QED) is 0.231. The van der Waals surface area contributed by atoms with Crippen molar-refractivity contribution in [3.05, 3.63) is 140 Å². The number of hydrogen-bond acceptors (Lipinski definition) is 3. The lowest BCUT2D eigenvalue weighted by Gasteiger charge is -2.27. The summed E-state index contributed by atoms with van der Waals surface area (Å²) in [4.78, 5) is 2.38. The van der Waals surface area contributed by atoms with Gasteiger partial charge in [-0.15, -0.1) is 11.3 Å². The molecule has 0 unspecified atom stereocenters. The van der Waals surface area contributed by atoms with Crippen molar-refractivity contribution < 1.29 is 4.42 Å². The van der Waals surface area contributed by atoms with E-state index < -0.39 is 0 Å². The average molecular weight is 518 g/mol. The first-order chi connectivity index (χ1) is 19.3. The van der Waals surface area contributed by atoms with Crippen molar-refractivity contribution in [1.29, 1.82) is 0 Å². The third kappa shape index (κ3) is 3.63. The number of nitrogens with zero attached hydrogens (tertiary/aromatic N) is 1. The molecule has 184 valence electrons. The van der Waals surface area contributed by atoms with E-state index >= 15 is 0 Å². The third-order valence-corrected chi connectivity index (χ3v) is 8.60. The predicted octanol–water partition coefficient (Wildman–Crippen LogP) is 11.1. The molecule has 39 heavy (non-hydrogen) atoms. The van der Waals surface area contributed by atoms with E-state index in [1.165, 1.54) is 31.3 Å². The first-order valence-electron chi connectivity index (χ1n) is 13.1. The van der Waals surface area contributed by atoms with Crippen LogP contribution in [-0.2, 0) is 0 Å². The van der Waals surface area contributed by atoms with Crippen molar-refractivity contribution >= 4 is 70.5 Å². The van der Waals surface area contributed by atoms with E-state index in [1.54, 1.807) is 0 Å². The smallest absolute Gasteiger partial charge is 0.137 e. The molecule has 6 aromatic carbocycles. The van der Waals surface area contributed by atoms with Gasteiger partial charge in [-0.25, -0.2) is 0 Å². The standard InChI is InChI=1S/C36H23NOS/c1-2-10-24(11-3-1)25-12-8-13-26(22-25)37(27-20-21-35-30(23-27)28-14-5-7-19-34(28)39-35)31-16-9-18-33-36(31)29-15-4-6-17-32(29)38-33/h1-23H. The Morgan fingerprint density at radius 3 is 2.08 bits per heavy atom. The summed E-state index contributed by atoms with van der Waals surface area (Å²) >= 11 is 1.85. The highest BCUT2D eigenvalue weighted by molar-refractivity contribution is 7.25. The van der Waals surface area contributed by atoms with Crippen molar-refractivity contribution in [1.82, 2.24) is 0 Å². The maximum atomic E-state index is 6.30. The number of furan rings is 1. The minimum Gasteiger partial charge on any atom is -0.456 e. The second kappa shape index (κ2) is 8.87. The fourth-order valence-corrected chi connectivity index (χ4v) is 6.76. The van der Waals surface area contributed by atoms with Crippen LogP contribution < -0.4 is 4.90 Å². The van der Waals surface area contributed by atoms with Gasteiger partial charge in [-0.3, -0.25) is 0 Å². The molecule has 3 heteroatoms. The van der Waals surface area contributed by atoms with E-state index in [4.69, 9.17) is 4.42 Å². The van der Waals surface area contributed by atoms with Crippen molar-refractivity contribution in [3.8, 4) is 11.1 Å². The second-order valence-corrected chi connectivity index (χ2v) is 10.9. The Morgan fingerprint density at radius 2 is 1.15 bits per heavy atom. The van der Waals surface area contributed by atoms with E-state index in [2.05, 4.69) is 132 Å². The summed E-state index contributed by atoms with van der Waals surface area (Å²) in [5.74, 6) is 0. The van der Waals surface area contributed by atoms with Crippen LogP contribution in [0.5, 0.6) is 0 Å². The summed E-state index contributed by atoms with van der Waals surface area (Å²) in [5.41, 5.74) is 7.50. The molecule has 0 radical (unpaired) electrons. The zero-order valence-electron chi connectivity index (χ0n) is 21.0.